The molecule has 2 rings (SSSR count). The maximum Gasteiger partial charge on any atom is 0.0783 e. The Labute approximate surface area is 120 Å². The monoisotopic (exact) mass is 274 g/mol. The SMILES string of the molecule is COCc1ccccc1-n1nncc1CNCC(C)C. The first kappa shape index (κ1) is 14.7. The first-order valence-corrected chi connectivity index (χ1v) is 6.90. The van der Waals surface area contributed by atoms with Gasteiger partial charge in [-0.05, 0) is 18.5 Å². The Hall–Kier alpha value is -1.72. The summed E-state index contributed by atoms with van der Waals surface area (Å²) in [5.74, 6) is 0.625. The minimum Gasteiger partial charge on any atom is -0.380 e. The standard InChI is InChI=1S/C15H22N4O/c1-12(2)8-16-9-14-10-17-18-19(14)15-7-5-4-6-13(15)11-20-3/h4-7,10,12,16H,8-9,11H2,1-3H3. The van der Waals surface area contributed by atoms with Crippen molar-refractivity contribution in [3.63, 3.8) is 0 Å². The van der Waals surface area contributed by atoms with Gasteiger partial charge in [0.05, 0.1) is 24.2 Å². The van der Waals surface area contributed by atoms with Crippen LogP contribution in [0.4, 0.5) is 0 Å². The molecule has 1 N–H and O–H groups in total. The van der Waals surface area contributed by atoms with Crippen molar-refractivity contribution in [3.05, 3.63) is 41.7 Å². The van der Waals surface area contributed by atoms with E-state index < -0.39 is 0 Å². The molecule has 5 heteroatoms. The van der Waals surface area contributed by atoms with Crippen molar-refractivity contribution in [1.29, 1.82) is 0 Å². The van der Waals surface area contributed by atoms with Crippen LogP contribution in [0.5, 0.6) is 0 Å². The van der Waals surface area contributed by atoms with Crippen LogP contribution >= 0.6 is 0 Å². The minimum atomic E-state index is 0.564. The highest BCUT2D eigenvalue weighted by Crippen LogP contribution is 2.16. The Morgan fingerprint density at radius 3 is 2.85 bits per heavy atom. The molecule has 0 spiro atoms. The van der Waals surface area contributed by atoms with Gasteiger partial charge in [-0.25, -0.2) is 4.68 Å². The fourth-order valence-electron chi connectivity index (χ4n) is 2.06. The second-order valence-electron chi connectivity index (χ2n) is 5.22. The molecule has 5 nitrogen and oxygen atoms in total. The summed E-state index contributed by atoms with van der Waals surface area (Å²) in [4.78, 5) is 0. The van der Waals surface area contributed by atoms with Gasteiger partial charge >= 0.3 is 0 Å². The third kappa shape index (κ3) is 3.65. The highest BCUT2D eigenvalue weighted by atomic mass is 16.5. The van der Waals surface area contributed by atoms with E-state index in [9.17, 15) is 0 Å². The third-order valence-corrected chi connectivity index (χ3v) is 3.00. The highest BCUT2D eigenvalue weighted by molar-refractivity contribution is 5.40. The van der Waals surface area contributed by atoms with E-state index in [1.807, 2.05) is 28.9 Å². The predicted octanol–water partition coefficient (Wildman–Crippen LogP) is 2.16. The van der Waals surface area contributed by atoms with Crippen LogP contribution in [-0.2, 0) is 17.9 Å². The molecule has 0 radical (unpaired) electrons. The van der Waals surface area contributed by atoms with E-state index in [1.165, 1.54) is 0 Å². The lowest BCUT2D eigenvalue weighted by atomic mass is 10.2. The fourth-order valence-corrected chi connectivity index (χ4v) is 2.06. The van der Waals surface area contributed by atoms with Crippen molar-refractivity contribution in [2.75, 3.05) is 13.7 Å². The van der Waals surface area contributed by atoms with E-state index in [4.69, 9.17) is 4.74 Å². The molecule has 0 saturated heterocycles. The molecule has 0 aliphatic heterocycles. The third-order valence-electron chi connectivity index (χ3n) is 3.00. The predicted molar refractivity (Wildman–Crippen MR) is 78.6 cm³/mol. The molecule has 0 unspecified atom stereocenters. The van der Waals surface area contributed by atoms with Crippen LogP contribution in [0.25, 0.3) is 5.69 Å². The number of hydrogen-bond acceptors (Lipinski definition) is 4. The van der Waals surface area contributed by atoms with E-state index in [-0.39, 0.29) is 0 Å². The number of aromatic nitrogens is 3. The Bertz CT molecular complexity index is 536. The van der Waals surface area contributed by atoms with Gasteiger partial charge in [-0.3, -0.25) is 0 Å². The average molecular weight is 274 g/mol. The number of benzene rings is 1. The lowest BCUT2D eigenvalue weighted by molar-refractivity contribution is 0.184. The first-order valence-electron chi connectivity index (χ1n) is 6.90. The van der Waals surface area contributed by atoms with Crippen molar-refractivity contribution in [3.8, 4) is 5.69 Å². The Kier molecular flexibility index (Phi) is 5.26. The molecule has 0 fully saturated rings. The maximum absolute atomic E-state index is 5.24. The van der Waals surface area contributed by atoms with Gasteiger partial charge in [0.1, 0.15) is 0 Å². The second kappa shape index (κ2) is 7.17. The van der Waals surface area contributed by atoms with Crippen molar-refractivity contribution in [1.82, 2.24) is 20.3 Å². The molecule has 0 atom stereocenters. The Morgan fingerprint density at radius 2 is 2.10 bits per heavy atom. The van der Waals surface area contributed by atoms with Crippen LogP contribution in [0.3, 0.4) is 0 Å². The van der Waals surface area contributed by atoms with Crippen LogP contribution < -0.4 is 5.32 Å². The molecule has 2 aromatic rings. The van der Waals surface area contributed by atoms with Crippen LogP contribution in [0.2, 0.25) is 0 Å². The normalized spacial score (nSPS) is 11.2. The van der Waals surface area contributed by atoms with E-state index in [0.717, 1.165) is 30.0 Å². The molecule has 0 amide bonds. The summed E-state index contributed by atoms with van der Waals surface area (Å²) >= 11 is 0. The molecule has 0 bridgehead atoms. The summed E-state index contributed by atoms with van der Waals surface area (Å²) < 4.78 is 7.12. The van der Waals surface area contributed by atoms with E-state index in [0.29, 0.717) is 12.5 Å². The van der Waals surface area contributed by atoms with Crippen molar-refractivity contribution < 1.29 is 4.74 Å². The number of para-hydroxylation sites is 1. The van der Waals surface area contributed by atoms with Gasteiger partial charge in [-0.15, -0.1) is 5.10 Å². The first-order chi connectivity index (χ1) is 9.72. The summed E-state index contributed by atoms with van der Waals surface area (Å²) in [6.07, 6.45) is 1.80. The summed E-state index contributed by atoms with van der Waals surface area (Å²) in [6.45, 7) is 6.68. The van der Waals surface area contributed by atoms with E-state index in [2.05, 4.69) is 29.5 Å². The summed E-state index contributed by atoms with van der Waals surface area (Å²) in [5, 5.41) is 11.6. The number of hydrogen-bond donors (Lipinski definition) is 1. The van der Waals surface area contributed by atoms with E-state index in [1.54, 1.807) is 13.3 Å². The Balaban J connectivity index is 2.19. The van der Waals surface area contributed by atoms with E-state index >= 15 is 0 Å². The van der Waals surface area contributed by atoms with Gasteiger partial charge in [0.2, 0.25) is 0 Å². The van der Waals surface area contributed by atoms with Crippen LogP contribution in [0.15, 0.2) is 30.5 Å². The van der Waals surface area contributed by atoms with Gasteiger partial charge in [-0.2, -0.15) is 0 Å². The fraction of sp³-hybridized carbons (Fsp3) is 0.467. The van der Waals surface area contributed by atoms with Gasteiger partial charge in [-0.1, -0.05) is 37.3 Å². The lowest BCUT2D eigenvalue weighted by Gasteiger charge is -2.12. The van der Waals surface area contributed by atoms with Crippen LogP contribution in [0.1, 0.15) is 25.1 Å². The topological polar surface area (TPSA) is 52.0 Å². The smallest absolute Gasteiger partial charge is 0.0783 e. The zero-order valence-electron chi connectivity index (χ0n) is 12.3. The average Bonchev–Trinajstić information content (AvgIpc) is 2.88. The molecule has 1 heterocycles. The number of ether oxygens (including phenoxy) is 1. The van der Waals surface area contributed by atoms with Gasteiger partial charge < -0.3 is 10.1 Å². The molecule has 1 aromatic heterocycles. The lowest BCUT2D eigenvalue weighted by Crippen LogP contribution is -2.21. The van der Waals surface area contributed by atoms with Crippen molar-refractivity contribution in [2.45, 2.75) is 27.0 Å². The zero-order chi connectivity index (χ0) is 14.4. The molecule has 20 heavy (non-hydrogen) atoms. The number of nitrogens with zero attached hydrogens (tertiary/aromatic N) is 3. The molecule has 0 aliphatic rings. The summed E-state index contributed by atoms with van der Waals surface area (Å²) in [6, 6.07) is 8.09. The largest absolute Gasteiger partial charge is 0.380 e. The molecule has 1 aromatic carbocycles. The van der Waals surface area contributed by atoms with Crippen molar-refractivity contribution >= 4 is 0 Å². The van der Waals surface area contributed by atoms with Crippen LogP contribution in [-0.4, -0.2) is 28.6 Å². The minimum absolute atomic E-state index is 0.564. The summed E-state index contributed by atoms with van der Waals surface area (Å²) in [7, 11) is 1.70. The van der Waals surface area contributed by atoms with Crippen LogP contribution in [0, 0.1) is 5.92 Å². The van der Waals surface area contributed by atoms with Crippen molar-refractivity contribution in [2.24, 2.45) is 5.92 Å². The molecule has 0 saturated carbocycles. The number of rotatable bonds is 7. The van der Waals surface area contributed by atoms with Gasteiger partial charge in [0, 0.05) is 19.2 Å². The second-order valence-corrected chi connectivity index (χ2v) is 5.22. The summed E-state index contributed by atoms with van der Waals surface area (Å²) in [5.41, 5.74) is 3.17. The molecular formula is C15H22N4O. The molecule has 108 valence electrons. The number of nitrogens with one attached hydrogen (secondary N) is 1. The van der Waals surface area contributed by atoms with Gasteiger partial charge in [0.15, 0.2) is 0 Å². The number of methoxy groups -OCH3 is 1. The Morgan fingerprint density at radius 1 is 1.30 bits per heavy atom. The highest BCUT2D eigenvalue weighted by Gasteiger charge is 2.10. The maximum atomic E-state index is 5.24. The van der Waals surface area contributed by atoms with Gasteiger partial charge in [0.25, 0.3) is 0 Å². The quantitative estimate of drug-likeness (QED) is 0.840. The molecule has 0 aliphatic carbocycles. The zero-order valence-corrected chi connectivity index (χ0v) is 12.3. The molecular weight excluding hydrogens is 252 g/mol.